The summed E-state index contributed by atoms with van der Waals surface area (Å²) >= 11 is 0. The van der Waals surface area contributed by atoms with E-state index in [-0.39, 0.29) is 11.8 Å². The Kier molecular flexibility index (Phi) is 6.62. The lowest BCUT2D eigenvalue weighted by Gasteiger charge is -2.33. The molecule has 6 nitrogen and oxygen atoms in total. The summed E-state index contributed by atoms with van der Waals surface area (Å²) < 4.78 is 40.3. The number of benzene rings is 1. The average molecular weight is 508 g/mol. The Bertz CT molecular complexity index is 1400. The van der Waals surface area contributed by atoms with E-state index in [1.54, 1.807) is 22.7 Å². The molecule has 5 rings (SSSR count). The molecule has 4 heterocycles. The first-order valence-electron chi connectivity index (χ1n) is 12.3. The molecule has 1 aliphatic rings. The molecule has 4 aromatic rings. The summed E-state index contributed by atoms with van der Waals surface area (Å²) in [6.45, 7) is 5.72. The molecule has 192 valence electrons. The molecular formula is C28H28F3N5O. The molecule has 3 aromatic heterocycles. The Morgan fingerprint density at radius 1 is 1.05 bits per heavy atom. The number of imidazole rings is 1. The Morgan fingerprint density at radius 2 is 1.78 bits per heavy atom. The molecule has 0 saturated carbocycles. The summed E-state index contributed by atoms with van der Waals surface area (Å²) in [7, 11) is 0. The third-order valence-electron chi connectivity index (χ3n) is 6.96. The SMILES string of the molecule is Cc1ccn2c(C(=O)NCc3ccc(N4CCC(c5ccc(C(F)(F)F)cc5)CC4)nc3)c(C)nc2c1. The highest BCUT2D eigenvalue weighted by atomic mass is 19.4. The van der Waals surface area contributed by atoms with Crippen molar-refractivity contribution in [2.75, 3.05) is 18.0 Å². The largest absolute Gasteiger partial charge is 0.416 e. The summed E-state index contributed by atoms with van der Waals surface area (Å²) in [6, 6.07) is 13.3. The molecule has 1 aliphatic heterocycles. The van der Waals surface area contributed by atoms with E-state index >= 15 is 0 Å². The predicted octanol–water partition coefficient (Wildman–Crippen LogP) is 5.68. The van der Waals surface area contributed by atoms with Crippen molar-refractivity contribution in [3.05, 3.63) is 94.6 Å². The molecule has 1 saturated heterocycles. The van der Waals surface area contributed by atoms with Gasteiger partial charge in [0, 0.05) is 32.0 Å². The zero-order valence-electron chi connectivity index (χ0n) is 20.7. The molecule has 0 atom stereocenters. The third kappa shape index (κ3) is 5.30. The standard InChI is InChI=1S/C28H28F3N5O/c1-18-9-14-36-25(15-18)34-19(2)26(36)27(37)33-17-20-3-8-24(32-16-20)35-12-10-22(11-13-35)21-4-6-23(7-5-21)28(29,30)31/h3-9,14-16,22H,10-13,17H2,1-2H3,(H,33,37). The van der Waals surface area contributed by atoms with Crippen LogP contribution in [0.4, 0.5) is 19.0 Å². The highest BCUT2D eigenvalue weighted by Gasteiger charge is 2.30. The fraction of sp³-hybridized carbons (Fsp3) is 0.321. The molecular weight excluding hydrogens is 479 g/mol. The fourth-order valence-corrected chi connectivity index (χ4v) is 4.90. The number of carbonyl (C=O) groups excluding carboxylic acids is 1. The number of hydrogen-bond donors (Lipinski definition) is 1. The first-order chi connectivity index (χ1) is 17.7. The smallest absolute Gasteiger partial charge is 0.357 e. The molecule has 1 amide bonds. The number of aromatic nitrogens is 3. The average Bonchev–Trinajstić information content (AvgIpc) is 3.22. The first-order valence-corrected chi connectivity index (χ1v) is 12.3. The van der Waals surface area contributed by atoms with Crippen molar-refractivity contribution in [2.24, 2.45) is 0 Å². The van der Waals surface area contributed by atoms with Gasteiger partial charge in [0.15, 0.2) is 0 Å². The van der Waals surface area contributed by atoms with Gasteiger partial charge in [-0.1, -0.05) is 18.2 Å². The summed E-state index contributed by atoms with van der Waals surface area (Å²) in [6.07, 6.45) is 1.01. The van der Waals surface area contributed by atoms with Gasteiger partial charge in [-0.15, -0.1) is 0 Å². The van der Waals surface area contributed by atoms with E-state index < -0.39 is 11.7 Å². The minimum Gasteiger partial charge on any atom is -0.357 e. The van der Waals surface area contributed by atoms with Crippen LogP contribution in [-0.4, -0.2) is 33.4 Å². The maximum absolute atomic E-state index is 12.9. The van der Waals surface area contributed by atoms with Crippen LogP contribution in [-0.2, 0) is 12.7 Å². The lowest BCUT2D eigenvalue weighted by atomic mass is 9.89. The fourth-order valence-electron chi connectivity index (χ4n) is 4.90. The summed E-state index contributed by atoms with van der Waals surface area (Å²) in [5, 5.41) is 2.96. The molecule has 0 spiro atoms. The molecule has 37 heavy (non-hydrogen) atoms. The van der Waals surface area contributed by atoms with Gasteiger partial charge >= 0.3 is 6.18 Å². The molecule has 9 heteroatoms. The van der Waals surface area contributed by atoms with Crippen molar-refractivity contribution in [3.8, 4) is 0 Å². The van der Waals surface area contributed by atoms with Crippen molar-refractivity contribution in [1.29, 1.82) is 0 Å². The van der Waals surface area contributed by atoms with Crippen LogP contribution in [0.2, 0.25) is 0 Å². The van der Waals surface area contributed by atoms with Crippen molar-refractivity contribution >= 4 is 17.4 Å². The van der Waals surface area contributed by atoms with Crippen molar-refractivity contribution in [2.45, 2.75) is 45.3 Å². The quantitative estimate of drug-likeness (QED) is 0.378. The van der Waals surface area contributed by atoms with Gasteiger partial charge in [-0.3, -0.25) is 9.20 Å². The second-order valence-corrected chi connectivity index (χ2v) is 9.57. The van der Waals surface area contributed by atoms with E-state index in [1.165, 1.54) is 12.1 Å². The number of piperidine rings is 1. The number of rotatable bonds is 5. The molecule has 0 aliphatic carbocycles. The maximum atomic E-state index is 12.9. The predicted molar refractivity (Wildman–Crippen MR) is 136 cm³/mol. The molecule has 0 unspecified atom stereocenters. The van der Waals surface area contributed by atoms with Crippen molar-refractivity contribution in [1.82, 2.24) is 19.7 Å². The van der Waals surface area contributed by atoms with Crippen LogP contribution < -0.4 is 10.2 Å². The van der Waals surface area contributed by atoms with Crippen molar-refractivity contribution in [3.63, 3.8) is 0 Å². The number of halogens is 3. The second kappa shape index (κ2) is 9.88. The van der Waals surface area contributed by atoms with Crippen LogP contribution in [0.25, 0.3) is 5.65 Å². The minimum atomic E-state index is -4.31. The van der Waals surface area contributed by atoms with Gasteiger partial charge in [0.25, 0.3) is 5.91 Å². The number of anilines is 1. The van der Waals surface area contributed by atoms with Gasteiger partial charge in [0.05, 0.1) is 11.3 Å². The third-order valence-corrected chi connectivity index (χ3v) is 6.96. The topological polar surface area (TPSA) is 62.5 Å². The highest BCUT2D eigenvalue weighted by molar-refractivity contribution is 5.94. The highest BCUT2D eigenvalue weighted by Crippen LogP contribution is 2.33. The molecule has 1 aromatic carbocycles. The monoisotopic (exact) mass is 507 g/mol. The van der Waals surface area contributed by atoms with Gasteiger partial charge in [-0.05, 0) is 79.6 Å². The number of hydrogen-bond acceptors (Lipinski definition) is 4. The van der Waals surface area contributed by atoms with Crippen LogP contribution in [0.1, 0.15) is 57.2 Å². The van der Waals surface area contributed by atoms with Gasteiger partial charge in [-0.2, -0.15) is 13.2 Å². The van der Waals surface area contributed by atoms with Gasteiger partial charge < -0.3 is 10.2 Å². The summed E-state index contributed by atoms with van der Waals surface area (Å²) in [5.41, 5.74) is 4.25. The number of fused-ring (bicyclic) bond motifs is 1. The minimum absolute atomic E-state index is 0.191. The van der Waals surface area contributed by atoms with E-state index in [4.69, 9.17) is 0 Å². The molecule has 1 N–H and O–H groups in total. The van der Waals surface area contributed by atoms with E-state index in [9.17, 15) is 18.0 Å². The van der Waals surface area contributed by atoms with Gasteiger partial charge in [0.1, 0.15) is 17.2 Å². The number of aryl methyl sites for hydroxylation is 2. The number of nitrogens with zero attached hydrogens (tertiary/aromatic N) is 4. The van der Waals surface area contributed by atoms with Crippen LogP contribution in [0.5, 0.6) is 0 Å². The lowest BCUT2D eigenvalue weighted by molar-refractivity contribution is -0.137. The second-order valence-electron chi connectivity index (χ2n) is 9.57. The maximum Gasteiger partial charge on any atom is 0.416 e. The lowest BCUT2D eigenvalue weighted by Crippen LogP contribution is -2.33. The van der Waals surface area contributed by atoms with Crippen LogP contribution >= 0.6 is 0 Å². The molecule has 0 radical (unpaired) electrons. The molecule has 0 bridgehead atoms. The zero-order valence-corrected chi connectivity index (χ0v) is 20.7. The van der Waals surface area contributed by atoms with Crippen LogP contribution in [0, 0.1) is 13.8 Å². The van der Waals surface area contributed by atoms with Crippen LogP contribution in [0.3, 0.4) is 0 Å². The Hall–Kier alpha value is -3.88. The zero-order chi connectivity index (χ0) is 26.2. The van der Waals surface area contributed by atoms with E-state index in [1.807, 2.05) is 44.3 Å². The Morgan fingerprint density at radius 3 is 2.43 bits per heavy atom. The van der Waals surface area contributed by atoms with Crippen molar-refractivity contribution < 1.29 is 18.0 Å². The van der Waals surface area contributed by atoms with E-state index in [0.29, 0.717) is 17.9 Å². The number of pyridine rings is 2. The number of carbonyl (C=O) groups is 1. The Balaban J connectivity index is 1.16. The van der Waals surface area contributed by atoms with E-state index in [0.717, 1.165) is 54.1 Å². The summed E-state index contributed by atoms with van der Waals surface area (Å²) in [4.78, 5) is 24.1. The summed E-state index contributed by atoms with van der Waals surface area (Å²) in [5.74, 6) is 0.900. The van der Waals surface area contributed by atoms with Crippen LogP contribution in [0.15, 0.2) is 60.9 Å². The van der Waals surface area contributed by atoms with Gasteiger partial charge in [0.2, 0.25) is 0 Å². The normalized spacial score (nSPS) is 14.8. The number of alkyl halides is 3. The first kappa shape index (κ1) is 24.8. The van der Waals surface area contributed by atoms with E-state index in [2.05, 4.69) is 20.2 Å². The number of amides is 1. The van der Waals surface area contributed by atoms with Gasteiger partial charge in [-0.25, -0.2) is 9.97 Å². The number of nitrogens with one attached hydrogen (secondary N) is 1. The Labute approximate surface area is 213 Å². The molecule has 1 fully saturated rings.